The summed E-state index contributed by atoms with van der Waals surface area (Å²) in [6, 6.07) is 5.72. The number of benzene rings is 1. The summed E-state index contributed by atoms with van der Waals surface area (Å²) >= 11 is 0. The molecule has 3 rings (SSSR count). The predicted octanol–water partition coefficient (Wildman–Crippen LogP) is -0.572. The van der Waals surface area contributed by atoms with Gasteiger partial charge in [0.25, 0.3) is 0 Å². The van der Waals surface area contributed by atoms with Crippen LogP contribution in [0.2, 0.25) is 0 Å². The van der Waals surface area contributed by atoms with Crippen molar-refractivity contribution in [2.24, 2.45) is 0 Å². The Bertz CT molecular complexity index is 1390. The average molecular weight is 699 g/mol. The maximum atomic E-state index is 13.1. The zero-order valence-corrected chi connectivity index (χ0v) is 27.2. The standard InChI is InChI=1S/C31H38O18/c1-15(32)41-12-22-25(39)27(44-18(4)35)28(45-19(5)36)30(46-22)49-31(14-43-17(3)34)29(26(40)23(48-31)13-42-16(2)33)47-24(38)11-8-20-6-9-21(37)10-7-20/h6-11,22-23,25-30,37,39-40H,12-14H2,1-5H3/t22-,23-,25-,26-,27+,28-,29+,30-,31+/m1/s1. The zero-order chi connectivity index (χ0) is 36.5. The van der Waals surface area contributed by atoms with Crippen LogP contribution in [-0.2, 0) is 71.4 Å². The van der Waals surface area contributed by atoms with Gasteiger partial charge >= 0.3 is 35.8 Å². The normalized spacial score (nSPS) is 29.4. The molecule has 2 aliphatic heterocycles. The summed E-state index contributed by atoms with van der Waals surface area (Å²) in [6.45, 7) is 3.04. The quantitative estimate of drug-likeness (QED) is 0.133. The fourth-order valence-corrected chi connectivity index (χ4v) is 4.86. The van der Waals surface area contributed by atoms with E-state index in [9.17, 15) is 44.1 Å². The Morgan fingerprint density at radius 2 is 1.29 bits per heavy atom. The van der Waals surface area contributed by atoms with Gasteiger partial charge in [0.1, 0.15) is 50.0 Å². The Hall–Kier alpha value is -4.62. The molecule has 18 heteroatoms. The van der Waals surface area contributed by atoms with Crippen LogP contribution in [0, 0.1) is 0 Å². The number of phenols is 1. The molecule has 49 heavy (non-hydrogen) atoms. The van der Waals surface area contributed by atoms with Crippen LogP contribution in [0.15, 0.2) is 30.3 Å². The second kappa shape index (κ2) is 17.2. The first-order valence-corrected chi connectivity index (χ1v) is 14.8. The molecule has 0 unspecified atom stereocenters. The second-order valence-electron chi connectivity index (χ2n) is 10.9. The molecule has 270 valence electrons. The van der Waals surface area contributed by atoms with Gasteiger partial charge in [0.2, 0.25) is 12.1 Å². The molecule has 2 heterocycles. The maximum Gasteiger partial charge on any atom is 0.331 e. The highest BCUT2D eigenvalue weighted by Crippen LogP contribution is 2.40. The number of aliphatic hydroxyl groups is 2. The number of phenolic OH excluding ortho intramolecular Hbond substituents is 1. The molecule has 0 saturated carbocycles. The molecular weight excluding hydrogens is 660 g/mol. The summed E-state index contributed by atoms with van der Waals surface area (Å²) < 4.78 is 49.2. The lowest BCUT2D eigenvalue weighted by Gasteiger charge is -2.45. The molecule has 9 atom stereocenters. The van der Waals surface area contributed by atoms with E-state index < -0.39 is 110 Å². The van der Waals surface area contributed by atoms with E-state index >= 15 is 0 Å². The lowest BCUT2D eigenvalue weighted by Crippen LogP contribution is -2.65. The third-order valence-electron chi connectivity index (χ3n) is 6.94. The predicted molar refractivity (Wildman–Crippen MR) is 157 cm³/mol. The number of carbonyl (C=O) groups excluding carboxylic acids is 6. The average Bonchev–Trinajstić information content (AvgIpc) is 3.26. The Labute approximate surface area is 279 Å². The number of hydrogen-bond acceptors (Lipinski definition) is 18. The van der Waals surface area contributed by atoms with Crippen LogP contribution in [0.3, 0.4) is 0 Å². The van der Waals surface area contributed by atoms with Crippen molar-refractivity contribution in [1.82, 2.24) is 0 Å². The number of hydrogen-bond donors (Lipinski definition) is 3. The largest absolute Gasteiger partial charge is 0.508 e. The van der Waals surface area contributed by atoms with Crippen molar-refractivity contribution in [3.8, 4) is 5.75 Å². The SMILES string of the molecule is CC(=O)OC[C@H]1O[C@@](COC(C)=O)(O[C@H]2O[C@H](COC(C)=O)[C@@H](O)[C@H](OC(C)=O)[C@H]2OC(C)=O)[C@@H](OC(=O)C=Cc2ccc(O)cc2)[C@@H]1O. The summed E-state index contributed by atoms with van der Waals surface area (Å²) in [5.74, 6) is -7.92. The first kappa shape index (κ1) is 38.8. The molecule has 18 nitrogen and oxygen atoms in total. The first-order valence-electron chi connectivity index (χ1n) is 14.8. The Morgan fingerprint density at radius 3 is 1.84 bits per heavy atom. The van der Waals surface area contributed by atoms with Crippen LogP contribution in [-0.4, -0.2) is 126 Å². The molecule has 3 N–H and O–H groups in total. The molecular formula is C31H38O18. The van der Waals surface area contributed by atoms with Crippen LogP contribution >= 0.6 is 0 Å². The van der Waals surface area contributed by atoms with Crippen molar-refractivity contribution in [2.45, 2.75) is 89.4 Å². The smallest absolute Gasteiger partial charge is 0.331 e. The number of ether oxygens (including phenoxy) is 9. The van der Waals surface area contributed by atoms with Gasteiger partial charge in [0, 0.05) is 40.7 Å². The Morgan fingerprint density at radius 1 is 0.735 bits per heavy atom. The van der Waals surface area contributed by atoms with Crippen LogP contribution < -0.4 is 0 Å². The number of carbonyl (C=O) groups is 6. The van der Waals surface area contributed by atoms with E-state index in [0.29, 0.717) is 5.56 Å². The molecule has 0 spiro atoms. The molecule has 0 aromatic heterocycles. The van der Waals surface area contributed by atoms with Gasteiger partial charge < -0.3 is 58.0 Å². The van der Waals surface area contributed by atoms with Crippen molar-refractivity contribution in [3.05, 3.63) is 35.9 Å². The van der Waals surface area contributed by atoms with E-state index in [1.54, 1.807) is 0 Å². The third kappa shape index (κ3) is 10.9. The molecule has 0 aliphatic carbocycles. The van der Waals surface area contributed by atoms with E-state index in [1.165, 1.54) is 30.3 Å². The highest BCUT2D eigenvalue weighted by Gasteiger charge is 2.63. The second-order valence-corrected chi connectivity index (χ2v) is 10.9. The van der Waals surface area contributed by atoms with E-state index in [-0.39, 0.29) is 5.75 Å². The van der Waals surface area contributed by atoms with Gasteiger partial charge in [0.05, 0.1) is 0 Å². The molecule has 2 fully saturated rings. The lowest BCUT2D eigenvalue weighted by atomic mass is 9.98. The van der Waals surface area contributed by atoms with Gasteiger partial charge in [-0.2, -0.15) is 0 Å². The van der Waals surface area contributed by atoms with Crippen molar-refractivity contribution in [1.29, 1.82) is 0 Å². The topological polar surface area (TPSA) is 246 Å². The minimum Gasteiger partial charge on any atom is -0.508 e. The van der Waals surface area contributed by atoms with Gasteiger partial charge in [-0.05, 0) is 23.8 Å². The van der Waals surface area contributed by atoms with Crippen molar-refractivity contribution in [2.75, 3.05) is 19.8 Å². The summed E-state index contributed by atoms with van der Waals surface area (Å²) in [5.41, 5.74) is 0.474. The molecule has 0 amide bonds. The van der Waals surface area contributed by atoms with Crippen molar-refractivity contribution < 1.29 is 86.7 Å². The van der Waals surface area contributed by atoms with Crippen LogP contribution in [0.25, 0.3) is 6.08 Å². The maximum absolute atomic E-state index is 13.1. The molecule has 2 aliphatic rings. The summed E-state index contributed by atoms with van der Waals surface area (Å²) in [7, 11) is 0. The number of esters is 6. The van der Waals surface area contributed by atoms with Gasteiger partial charge in [-0.1, -0.05) is 12.1 Å². The summed E-state index contributed by atoms with van der Waals surface area (Å²) in [6.07, 6.45) is -11.6. The molecule has 1 aromatic rings. The number of aliphatic hydroxyl groups excluding tert-OH is 2. The zero-order valence-electron chi connectivity index (χ0n) is 27.2. The van der Waals surface area contributed by atoms with Crippen molar-refractivity contribution >= 4 is 41.9 Å². The molecule has 0 radical (unpaired) electrons. The lowest BCUT2D eigenvalue weighted by molar-refractivity contribution is -0.384. The minimum absolute atomic E-state index is 0.0206. The third-order valence-corrected chi connectivity index (χ3v) is 6.94. The van der Waals surface area contributed by atoms with Crippen molar-refractivity contribution in [3.63, 3.8) is 0 Å². The molecule has 2 saturated heterocycles. The summed E-state index contributed by atoms with van der Waals surface area (Å²) in [5, 5.41) is 31.8. The van der Waals surface area contributed by atoms with Crippen LogP contribution in [0.5, 0.6) is 5.75 Å². The fraction of sp³-hybridized carbons (Fsp3) is 0.548. The molecule has 1 aromatic carbocycles. The molecule has 0 bridgehead atoms. The van der Waals surface area contributed by atoms with Crippen LogP contribution in [0.4, 0.5) is 0 Å². The Balaban J connectivity index is 2.09. The minimum atomic E-state index is -2.52. The van der Waals surface area contributed by atoms with E-state index in [0.717, 1.165) is 40.7 Å². The van der Waals surface area contributed by atoms with Gasteiger partial charge in [-0.25, -0.2) is 4.79 Å². The fourth-order valence-electron chi connectivity index (χ4n) is 4.86. The van der Waals surface area contributed by atoms with E-state index in [4.69, 9.17) is 42.6 Å². The number of aromatic hydroxyl groups is 1. The summed E-state index contributed by atoms with van der Waals surface area (Å²) in [4.78, 5) is 72.5. The highest BCUT2D eigenvalue weighted by atomic mass is 16.8. The monoisotopic (exact) mass is 698 g/mol. The highest BCUT2D eigenvalue weighted by molar-refractivity contribution is 5.87. The number of rotatable bonds is 13. The van der Waals surface area contributed by atoms with E-state index in [1.807, 2.05) is 0 Å². The first-order chi connectivity index (χ1) is 23.0. The Kier molecular flexibility index (Phi) is 13.6. The van der Waals surface area contributed by atoms with Gasteiger partial charge in [-0.15, -0.1) is 0 Å². The van der Waals surface area contributed by atoms with E-state index in [2.05, 4.69) is 0 Å². The van der Waals surface area contributed by atoms with Gasteiger partial charge in [-0.3, -0.25) is 24.0 Å². The van der Waals surface area contributed by atoms with Crippen LogP contribution in [0.1, 0.15) is 40.2 Å². The van der Waals surface area contributed by atoms with Gasteiger partial charge in [0.15, 0.2) is 18.3 Å².